The predicted octanol–water partition coefficient (Wildman–Crippen LogP) is 2.93. The second kappa shape index (κ2) is 7.81. The Balaban J connectivity index is 1.59. The molecule has 0 aliphatic carbocycles. The third kappa shape index (κ3) is 4.36. The van der Waals surface area contributed by atoms with Gasteiger partial charge in [-0.2, -0.15) is 0 Å². The Labute approximate surface area is 144 Å². The van der Waals surface area contributed by atoms with E-state index in [1.807, 2.05) is 42.5 Å². The van der Waals surface area contributed by atoms with Crippen molar-refractivity contribution >= 4 is 15.5 Å². The van der Waals surface area contributed by atoms with Crippen molar-refractivity contribution in [2.45, 2.75) is 17.7 Å². The lowest BCUT2D eigenvalue weighted by Gasteiger charge is -2.28. The molecule has 0 atom stereocenters. The summed E-state index contributed by atoms with van der Waals surface area (Å²) in [4.78, 5) is 2.63. The van der Waals surface area contributed by atoms with Gasteiger partial charge in [-0.1, -0.05) is 30.3 Å². The van der Waals surface area contributed by atoms with E-state index in [1.54, 1.807) is 12.1 Å². The maximum absolute atomic E-state index is 12.5. The number of anilines is 1. The monoisotopic (exact) mass is 345 g/mol. The Morgan fingerprint density at radius 3 is 2.25 bits per heavy atom. The van der Waals surface area contributed by atoms with E-state index < -0.39 is 9.84 Å². The van der Waals surface area contributed by atoms with Crippen molar-refractivity contribution in [3.63, 3.8) is 0 Å². The molecule has 0 N–H and O–H groups in total. The number of hydrogen-bond acceptors (Lipinski definition) is 4. The van der Waals surface area contributed by atoms with Crippen LogP contribution in [0.5, 0.6) is 0 Å². The quantitative estimate of drug-likeness (QED) is 0.808. The van der Waals surface area contributed by atoms with Crippen LogP contribution in [0.2, 0.25) is 0 Å². The van der Waals surface area contributed by atoms with E-state index >= 15 is 0 Å². The second-order valence-electron chi connectivity index (χ2n) is 6.00. The van der Waals surface area contributed by atoms with E-state index in [4.69, 9.17) is 4.74 Å². The summed E-state index contributed by atoms with van der Waals surface area (Å²) in [7, 11) is -3.22. The first kappa shape index (κ1) is 17.0. The largest absolute Gasteiger partial charge is 0.378 e. The lowest BCUT2D eigenvalue weighted by Crippen LogP contribution is -2.36. The predicted molar refractivity (Wildman–Crippen MR) is 96.3 cm³/mol. The molecule has 1 heterocycles. The van der Waals surface area contributed by atoms with Gasteiger partial charge in [-0.05, 0) is 42.7 Å². The smallest absolute Gasteiger partial charge is 0.178 e. The van der Waals surface area contributed by atoms with Crippen molar-refractivity contribution in [2.24, 2.45) is 0 Å². The van der Waals surface area contributed by atoms with Gasteiger partial charge in [0.05, 0.1) is 23.9 Å². The van der Waals surface area contributed by atoms with E-state index in [2.05, 4.69) is 4.90 Å². The number of hydrogen-bond donors (Lipinski definition) is 0. The van der Waals surface area contributed by atoms with Crippen molar-refractivity contribution in [2.75, 3.05) is 37.0 Å². The molecule has 0 unspecified atom stereocenters. The van der Waals surface area contributed by atoms with Gasteiger partial charge in [-0.3, -0.25) is 0 Å². The second-order valence-corrected chi connectivity index (χ2v) is 8.11. The molecule has 0 radical (unpaired) electrons. The molecule has 1 aliphatic heterocycles. The first-order valence-corrected chi connectivity index (χ1v) is 10.00. The summed E-state index contributed by atoms with van der Waals surface area (Å²) < 4.78 is 30.3. The molecule has 1 fully saturated rings. The molecule has 3 rings (SSSR count). The van der Waals surface area contributed by atoms with Gasteiger partial charge in [-0.25, -0.2) is 8.42 Å². The van der Waals surface area contributed by atoms with Gasteiger partial charge in [-0.15, -0.1) is 0 Å². The van der Waals surface area contributed by atoms with Crippen LogP contribution in [0.3, 0.4) is 0 Å². The first-order chi connectivity index (χ1) is 11.6. The van der Waals surface area contributed by atoms with E-state index in [-0.39, 0.29) is 5.75 Å². The minimum Gasteiger partial charge on any atom is -0.378 e. The van der Waals surface area contributed by atoms with Crippen LogP contribution < -0.4 is 4.90 Å². The fourth-order valence-electron chi connectivity index (χ4n) is 2.91. The zero-order chi connectivity index (χ0) is 16.8. The van der Waals surface area contributed by atoms with Gasteiger partial charge in [0.1, 0.15) is 0 Å². The van der Waals surface area contributed by atoms with Crippen LogP contribution >= 0.6 is 0 Å². The molecular formula is C19H23NO3S. The van der Waals surface area contributed by atoms with Crippen LogP contribution in [-0.2, 0) is 21.0 Å². The topological polar surface area (TPSA) is 46.6 Å². The molecule has 0 saturated carbocycles. The van der Waals surface area contributed by atoms with Crippen molar-refractivity contribution in [3.05, 3.63) is 60.2 Å². The molecule has 0 aromatic heterocycles. The Hall–Kier alpha value is -1.85. The van der Waals surface area contributed by atoms with Crippen molar-refractivity contribution in [1.29, 1.82) is 0 Å². The highest BCUT2D eigenvalue weighted by atomic mass is 32.2. The van der Waals surface area contributed by atoms with E-state index in [1.165, 1.54) is 5.56 Å². The molecule has 0 bridgehead atoms. The summed E-state index contributed by atoms with van der Waals surface area (Å²) in [5, 5.41) is 0. The van der Waals surface area contributed by atoms with Gasteiger partial charge in [0.2, 0.25) is 0 Å². The Morgan fingerprint density at radius 2 is 1.58 bits per heavy atom. The van der Waals surface area contributed by atoms with Crippen molar-refractivity contribution in [1.82, 2.24) is 0 Å². The number of morpholine rings is 1. The molecule has 0 spiro atoms. The standard InChI is InChI=1S/C19H23NO3S/c21-24(22,16-4-7-17-5-2-1-3-6-17)19-10-8-18(9-11-19)20-12-14-23-15-13-20/h1-3,5-6,8-11H,4,7,12-16H2. The molecule has 1 aliphatic rings. The average Bonchev–Trinajstić information content (AvgIpc) is 2.63. The molecule has 128 valence electrons. The van der Waals surface area contributed by atoms with Crippen LogP contribution in [0, 0.1) is 0 Å². The number of nitrogens with zero attached hydrogens (tertiary/aromatic N) is 1. The molecule has 4 nitrogen and oxygen atoms in total. The number of ether oxygens (including phenoxy) is 1. The zero-order valence-corrected chi connectivity index (χ0v) is 14.5. The van der Waals surface area contributed by atoms with Crippen LogP contribution in [0.15, 0.2) is 59.5 Å². The van der Waals surface area contributed by atoms with Gasteiger partial charge in [0.25, 0.3) is 0 Å². The Kier molecular flexibility index (Phi) is 5.53. The average molecular weight is 345 g/mol. The van der Waals surface area contributed by atoms with Crippen LogP contribution in [-0.4, -0.2) is 40.5 Å². The maximum atomic E-state index is 12.5. The highest BCUT2D eigenvalue weighted by Gasteiger charge is 2.16. The molecular weight excluding hydrogens is 322 g/mol. The van der Waals surface area contributed by atoms with Gasteiger partial charge >= 0.3 is 0 Å². The number of rotatable bonds is 6. The van der Waals surface area contributed by atoms with E-state index in [9.17, 15) is 8.42 Å². The van der Waals surface area contributed by atoms with Crippen LogP contribution in [0.1, 0.15) is 12.0 Å². The number of benzene rings is 2. The van der Waals surface area contributed by atoms with Gasteiger partial charge in [0, 0.05) is 18.8 Å². The fraction of sp³-hybridized carbons (Fsp3) is 0.368. The minimum atomic E-state index is -3.22. The zero-order valence-electron chi connectivity index (χ0n) is 13.7. The summed E-state index contributed by atoms with van der Waals surface area (Å²) >= 11 is 0. The Bertz CT molecular complexity index is 736. The first-order valence-electron chi connectivity index (χ1n) is 8.35. The fourth-order valence-corrected chi connectivity index (χ4v) is 4.23. The van der Waals surface area contributed by atoms with E-state index in [0.29, 0.717) is 11.3 Å². The highest BCUT2D eigenvalue weighted by molar-refractivity contribution is 7.91. The number of aryl methyl sites for hydroxylation is 1. The third-order valence-corrected chi connectivity index (χ3v) is 6.11. The summed E-state index contributed by atoms with van der Waals surface area (Å²) in [5.74, 6) is 0.179. The highest BCUT2D eigenvalue weighted by Crippen LogP contribution is 2.20. The normalized spacial score (nSPS) is 15.4. The van der Waals surface area contributed by atoms with E-state index in [0.717, 1.165) is 38.4 Å². The summed E-state index contributed by atoms with van der Waals surface area (Å²) in [5.41, 5.74) is 2.23. The lowest BCUT2D eigenvalue weighted by molar-refractivity contribution is 0.122. The summed E-state index contributed by atoms with van der Waals surface area (Å²) in [6.45, 7) is 3.14. The number of sulfone groups is 1. The van der Waals surface area contributed by atoms with Crippen molar-refractivity contribution < 1.29 is 13.2 Å². The van der Waals surface area contributed by atoms with Crippen LogP contribution in [0.25, 0.3) is 0 Å². The van der Waals surface area contributed by atoms with Crippen LogP contribution in [0.4, 0.5) is 5.69 Å². The Morgan fingerprint density at radius 1 is 0.917 bits per heavy atom. The minimum absolute atomic E-state index is 0.179. The third-order valence-electron chi connectivity index (χ3n) is 4.29. The van der Waals surface area contributed by atoms with Crippen molar-refractivity contribution in [3.8, 4) is 0 Å². The molecule has 1 saturated heterocycles. The summed E-state index contributed by atoms with van der Waals surface area (Å²) in [6, 6.07) is 17.2. The molecule has 24 heavy (non-hydrogen) atoms. The summed E-state index contributed by atoms with van der Waals surface area (Å²) in [6.07, 6.45) is 1.42. The molecule has 0 amide bonds. The SMILES string of the molecule is O=S(=O)(CCCc1ccccc1)c1ccc(N2CCOCC2)cc1. The molecule has 2 aromatic rings. The maximum Gasteiger partial charge on any atom is 0.178 e. The van der Waals surface area contributed by atoms with Gasteiger partial charge in [0.15, 0.2) is 9.84 Å². The molecule has 2 aromatic carbocycles. The lowest BCUT2D eigenvalue weighted by atomic mass is 10.1. The molecule has 5 heteroatoms. The van der Waals surface area contributed by atoms with Gasteiger partial charge < -0.3 is 9.64 Å².